The van der Waals surface area contributed by atoms with E-state index in [4.69, 9.17) is 0 Å². The summed E-state index contributed by atoms with van der Waals surface area (Å²) in [6.45, 7) is 3.57. The predicted molar refractivity (Wildman–Crippen MR) is 78.4 cm³/mol. The molecule has 1 heterocycles. The summed E-state index contributed by atoms with van der Waals surface area (Å²) in [5.74, 6) is 3.59. The average molecular weight is 276 g/mol. The zero-order valence-electron chi connectivity index (χ0n) is 12.4. The van der Waals surface area contributed by atoms with Gasteiger partial charge in [0.2, 0.25) is 0 Å². The van der Waals surface area contributed by atoms with Crippen LogP contribution in [0.4, 0.5) is 0 Å². The van der Waals surface area contributed by atoms with Crippen LogP contribution in [0, 0.1) is 12.8 Å². The van der Waals surface area contributed by atoms with E-state index in [1.54, 1.807) is 0 Å². The number of nitrogens with one attached hydrogen (secondary N) is 2. The molecule has 2 aliphatic rings. The second kappa shape index (κ2) is 5.81. The van der Waals surface area contributed by atoms with Crippen molar-refractivity contribution in [2.24, 2.45) is 18.0 Å². The van der Waals surface area contributed by atoms with Crippen molar-refractivity contribution in [3.8, 4) is 0 Å². The van der Waals surface area contributed by atoms with E-state index in [-0.39, 0.29) is 0 Å². The van der Waals surface area contributed by atoms with Crippen molar-refractivity contribution < 1.29 is 0 Å². The molecule has 3 rings (SSSR count). The molecule has 0 spiro atoms. The molecule has 0 atom stereocenters. The third-order valence-electron chi connectivity index (χ3n) is 4.26. The Balaban J connectivity index is 1.57. The van der Waals surface area contributed by atoms with Crippen molar-refractivity contribution in [2.75, 3.05) is 6.54 Å². The molecule has 110 valence electrons. The van der Waals surface area contributed by atoms with Crippen LogP contribution in [0.2, 0.25) is 0 Å². The predicted octanol–water partition coefficient (Wildman–Crippen LogP) is 1.12. The SMILES string of the molecule is Cc1nnc(CN=C(NCC2CCC2)NC2CC2)n1C. The number of aliphatic imine (C=N–C) groups is 1. The van der Waals surface area contributed by atoms with E-state index in [0.29, 0.717) is 12.6 Å². The van der Waals surface area contributed by atoms with E-state index >= 15 is 0 Å². The second-order valence-corrected chi connectivity index (χ2v) is 5.98. The number of hydrogen-bond acceptors (Lipinski definition) is 3. The van der Waals surface area contributed by atoms with Crippen LogP contribution in [0.3, 0.4) is 0 Å². The fraction of sp³-hybridized carbons (Fsp3) is 0.786. The summed E-state index contributed by atoms with van der Waals surface area (Å²) in [6, 6.07) is 0.615. The maximum absolute atomic E-state index is 4.65. The van der Waals surface area contributed by atoms with E-state index < -0.39 is 0 Å². The first-order valence-corrected chi connectivity index (χ1v) is 7.62. The van der Waals surface area contributed by atoms with E-state index in [2.05, 4.69) is 25.8 Å². The summed E-state index contributed by atoms with van der Waals surface area (Å²) >= 11 is 0. The highest BCUT2D eigenvalue weighted by atomic mass is 15.3. The van der Waals surface area contributed by atoms with Crippen LogP contribution in [0.5, 0.6) is 0 Å². The first kappa shape index (κ1) is 13.4. The first-order valence-electron chi connectivity index (χ1n) is 7.62. The van der Waals surface area contributed by atoms with E-state index in [0.717, 1.165) is 30.1 Å². The van der Waals surface area contributed by atoms with Gasteiger partial charge in [0.25, 0.3) is 0 Å². The molecule has 2 fully saturated rings. The minimum atomic E-state index is 0.573. The van der Waals surface area contributed by atoms with Crippen molar-refractivity contribution in [1.29, 1.82) is 0 Å². The molecule has 0 aliphatic heterocycles. The first-order chi connectivity index (χ1) is 9.72. The van der Waals surface area contributed by atoms with Gasteiger partial charge in [-0.3, -0.25) is 0 Å². The number of aromatic nitrogens is 3. The molecular weight excluding hydrogens is 252 g/mol. The van der Waals surface area contributed by atoms with Crippen molar-refractivity contribution in [3.63, 3.8) is 0 Å². The number of aryl methyl sites for hydroxylation is 1. The average Bonchev–Trinajstić information content (AvgIpc) is 3.13. The van der Waals surface area contributed by atoms with Crippen LogP contribution in [-0.2, 0) is 13.6 Å². The van der Waals surface area contributed by atoms with Gasteiger partial charge in [0.1, 0.15) is 12.4 Å². The van der Waals surface area contributed by atoms with Crippen molar-refractivity contribution in [1.82, 2.24) is 25.4 Å². The van der Waals surface area contributed by atoms with E-state index in [9.17, 15) is 0 Å². The zero-order chi connectivity index (χ0) is 13.9. The quantitative estimate of drug-likeness (QED) is 0.625. The molecule has 20 heavy (non-hydrogen) atoms. The summed E-state index contributed by atoms with van der Waals surface area (Å²) in [5.41, 5.74) is 0. The van der Waals surface area contributed by atoms with Gasteiger partial charge in [0.05, 0.1) is 0 Å². The molecule has 2 aliphatic carbocycles. The largest absolute Gasteiger partial charge is 0.356 e. The van der Waals surface area contributed by atoms with Gasteiger partial charge in [0.15, 0.2) is 11.8 Å². The third kappa shape index (κ3) is 3.29. The van der Waals surface area contributed by atoms with Crippen LogP contribution < -0.4 is 10.6 Å². The summed E-state index contributed by atoms with van der Waals surface area (Å²) in [7, 11) is 1.98. The van der Waals surface area contributed by atoms with Gasteiger partial charge in [-0.2, -0.15) is 0 Å². The van der Waals surface area contributed by atoms with E-state index in [1.165, 1.54) is 32.1 Å². The molecule has 1 aromatic heterocycles. The highest BCUT2D eigenvalue weighted by molar-refractivity contribution is 5.80. The molecule has 2 N–H and O–H groups in total. The lowest BCUT2D eigenvalue weighted by Gasteiger charge is -2.26. The van der Waals surface area contributed by atoms with Gasteiger partial charge < -0.3 is 15.2 Å². The second-order valence-electron chi connectivity index (χ2n) is 5.98. The van der Waals surface area contributed by atoms with E-state index in [1.807, 2.05) is 18.5 Å². The maximum Gasteiger partial charge on any atom is 0.191 e. The molecule has 1 aromatic rings. The molecule has 0 bridgehead atoms. The standard InChI is InChI=1S/C14H24N6/c1-10-18-19-13(20(10)2)9-16-14(17-12-6-7-12)15-8-11-4-3-5-11/h11-12H,3-9H2,1-2H3,(H2,15,16,17). The van der Waals surface area contributed by atoms with Crippen molar-refractivity contribution >= 4 is 5.96 Å². The summed E-state index contributed by atoms with van der Waals surface area (Å²) in [5, 5.41) is 15.2. The van der Waals surface area contributed by atoms with Crippen LogP contribution in [0.25, 0.3) is 0 Å². The Hall–Kier alpha value is -1.59. The number of rotatable bonds is 5. The summed E-state index contributed by atoms with van der Waals surface area (Å²) in [4.78, 5) is 4.65. The molecule has 0 unspecified atom stereocenters. The third-order valence-corrected chi connectivity index (χ3v) is 4.26. The maximum atomic E-state index is 4.65. The highest BCUT2D eigenvalue weighted by Gasteiger charge is 2.23. The Morgan fingerprint density at radius 2 is 2.10 bits per heavy atom. The molecule has 6 heteroatoms. The Kier molecular flexibility index (Phi) is 3.89. The monoisotopic (exact) mass is 276 g/mol. The lowest BCUT2D eigenvalue weighted by Crippen LogP contribution is -2.42. The molecular formula is C14H24N6. The normalized spacial score (nSPS) is 19.8. The van der Waals surface area contributed by atoms with Crippen molar-refractivity contribution in [2.45, 2.75) is 51.6 Å². The Morgan fingerprint density at radius 3 is 2.65 bits per heavy atom. The van der Waals surface area contributed by atoms with Crippen LogP contribution in [0.1, 0.15) is 43.8 Å². The Labute approximate surface area is 120 Å². The van der Waals surface area contributed by atoms with Crippen LogP contribution in [0.15, 0.2) is 4.99 Å². The topological polar surface area (TPSA) is 67.1 Å². The lowest BCUT2D eigenvalue weighted by molar-refractivity contribution is 0.314. The molecule has 2 saturated carbocycles. The minimum absolute atomic E-state index is 0.573. The Morgan fingerprint density at radius 1 is 1.30 bits per heavy atom. The number of nitrogens with zero attached hydrogens (tertiary/aromatic N) is 4. The molecule has 0 amide bonds. The van der Waals surface area contributed by atoms with Gasteiger partial charge in [-0.25, -0.2) is 4.99 Å². The van der Waals surface area contributed by atoms with Crippen LogP contribution >= 0.6 is 0 Å². The van der Waals surface area contributed by atoms with Gasteiger partial charge in [-0.15, -0.1) is 10.2 Å². The van der Waals surface area contributed by atoms with Gasteiger partial charge in [0, 0.05) is 19.6 Å². The molecule has 0 aromatic carbocycles. The van der Waals surface area contributed by atoms with Gasteiger partial charge in [-0.05, 0) is 38.5 Å². The summed E-state index contributed by atoms with van der Waals surface area (Å²) in [6.07, 6.45) is 6.60. The smallest absolute Gasteiger partial charge is 0.191 e. The van der Waals surface area contributed by atoms with Gasteiger partial charge >= 0.3 is 0 Å². The molecule has 0 radical (unpaired) electrons. The lowest BCUT2D eigenvalue weighted by atomic mass is 9.85. The molecule has 6 nitrogen and oxygen atoms in total. The summed E-state index contributed by atoms with van der Waals surface area (Å²) < 4.78 is 1.99. The molecule has 0 saturated heterocycles. The van der Waals surface area contributed by atoms with Crippen LogP contribution in [-0.4, -0.2) is 33.3 Å². The highest BCUT2D eigenvalue weighted by Crippen LogP contribution is 2.25. The number of guanidine groups is 1. The fourth-order valence-electron chi connectivity index (χ4n) is 2.25. The number of hydrogen-bond donors (Lipinski definition) is 2. The van der Waals surface area contributed by atoms with Gasteiger partial charge in [-0.1, -0.05) is 6.42 Å². The Bertz CT molecular complexity index is 484. The van der Waals surface area contributed by atoms with Crippen molar-refractivity contribution in [3.05, 3.63) is 11.6 Å². The fourth-order valence-corrected chi connectivity index (χ4v) is 2.25. The zero-order valence-corrected chi connectivity index (χ0v) is 12.4. The minimum Gasteiger partial charge on any atom is -0.356 e.